The van der Waals surface area contributed by atoms with E-state index < -0.39 is 17.4 Å². The molecule has 252 valence electrons. The van der Waals surface area contributed by atoms with Crippen molar-refractivity contribution in [3.05, 3.63) is 109 Å². The largest absolute Gasteiger partial charge is 0.497 e. The van der Waals surface area contributed by atoms with Crippen LogP contribution in [0.4, 0.5) is 0 Å². The third-order valence-electron chi connectivity index (χ3n) is 7.87. The minimum absolute atomic E-state index is 0.290. The number of methoxy groups -OCH3 is 2. The molecule has 4 aromatic carbocycles. The van der Waals surface area contributed by atoms with Gasteiger partial charge in [0.25, 0.3) is 0 Å². The van der Waals surface area contributed by atoms with Crippen molar-refractivity contribution in [3.8, 4) is 23.0 Å². The highest BCUT2D eigenvalue weighted by molar-refractivity contribution is 9.11. The van der Waals surface area contributed by atoms with Gasteiger partial charge in [0.1, 0.15) is 21.3 Å². The molecule has 0 aliphatic rings. The van der Waals surface area contributed by atoms with E-state index in [4.69, 9.17) is 42.1 Å². The molecule has 2 aromatic heterocycles. The highest BCUT2D eigenvalue weighted by atomic mass is 79.9. The summed E-state index contributed by atoms with van der Waals surface area (Å²) in [6.07, 6.45) is 0. The van der Waals surface area contributed by atoms with Crippen LogP contribution < -0.4 is 18.9 Å². The van der Waals surface area contributed by atoms with Crippen LogP contribution in [0.2, 0.25) is 10.0 Å². The number of hydrogen-bond donors (Lipinski definition) is 0. The van der Waals surface area contributed by atoms with Crippen molar-refractivity contribution in [2.24, 2.45) is 0 Å². The smallest absolute Gasteiger partial charge is 0.355 e. The summed E-state index contributed by atoms with van der Waals surface area (Å²) in [7, 11) is 3.16. The lowest BCUT2D eigenvalue weighted by molar-refractivity contribution is 0.0728. The van der Waals surface area contributed by atoms with E-state index in [2.05, 4.69) is 77.6 Å². The Hall–Kier alpha value is -2.16. The van der Waals surface area contributed by atoms with E-state index in [0.29, 0.717) is 60.7 Å². The van der Waals surface area contributed by atoms with Gasteiger partial charge in [-0.15, -0.1) is 22.7 Å². The van der Waals surface area contributed by atoms with Crippen molar-refractivity contribution < 1.29 is 28.5 Å². The molecular weight excluding hydrogens is 971 g/mol. The fraction of sp³-hybridized carbons (Fsp3) is 0.143. The van der Waals surface area contributed by atoms with Gasteiger partial charge in [0.15, 0.2) is 11.5 Å². The Labute approximate surface area is 333 Å². The molecule has 49 heavy (non-hydrogen) atoms. The molecule has 2 heterocycles. The van der Waals surface area contributed by atoms with Gasteiger partial charge in [0.2, 0.25) is 0 Å². The van der Waals surface area contributed by atoms with Crippen molar-refractivity contribution in [1.29, 1.82) is 0 Å². The van der Waals surface area contributed by atoms with E-state index in [9.17, 15) is 9.59 Å². The molecule has 0 fully saturated rings. The number of hydrogen-bond acceptors (Lipinski definition) is 8. The van der Waals surface area contributed by atoms with Gasteiger partial charge in [0.05, 0.1) is 42.2 Å². The zero-order valence-corrected chi connectivity index (χ0v) is 35.3. The number of benzene rings is 4. The average Bonchev–Trinajstić information content (AvgIpc) is 3.59. The maximum atomic E-state index is 13.3. The molecule has 0 saturated carbocycles. The van der Waals surface area contributed by atoms with Crippen LogP contribution in [-0.2, 0) is 5.41 Å². The van der Waals surface area contributed by atoms with E-state index in [1.165, 1.54) is 22.7 Å². The minimum atomic E-state index is -0.576. The summed E-state index contributed by atoms with van der Waals surface area (Å²) in [6, 6.07) is 18.5. The van der Waals surface area contributed by atoms with Crippen LogP contribution in [0.25, 0.3) is 20.2 Å². The molecule has 6 rings (SSSR count). The van der Waals surface area contributed by atoms with Crippen LogP contribution in [0.1, 0.15) is 44.3 Å². The first-order chi connectivity index (χ1) is 23.2. The fourth-order valence-electron chi connectivity index (χ4n) is 5.09. The average molecular weight is 993 g/mol. The number of thiophene rings is 2. The van der Waals surface area contributed by atoms with E-state index >= 15 is 0 Å². The first-order valence-electron chi connectivity index (χ1n) is 14.2. The van der Waals surface area contributed by atoms with Crippen molar-refractivity contribution in [2.45, 2.75) is 19.3 Å². The number of ether oxygens (including phenoxy) is 4. The molecule has 0 bridgehead atoms. The van der Waals surface area contributed by atoms with Gasteiger partial charge < -0.3 is 18.9 Å². The second kappa shape index (κ2) is 14.5. The quantitative estimate of drug-likeness (QED) is 0.112. The van der Waals surface area contributed by atoms with Gasteiger partial charge in [-0.2, -0.15) is 0 Å². The lowest BCUT2D eigenvalue weighted by Gasteiger charge is -2.28. The standard InChI is InChI=1S/C35H22Br4Cl2O6S2/c1-35(2,15-9-21(36)29(22(37)10-15)46-33(42)31-27(40)19-7-5-17(44-3)13-25(19)48-31)16-11-23(38)30(24(39)12-16)47-34(43)32-28(41)20-8-6-18(45-4)14-26(20)49-32/h5-14H,1-4H3. The van der Waals surface area contributed by atoms with Gasteiger partial charge >= 0.3 is 11.9 Å². The topological polar surface area (TPSA) is 71.1 Å². The first kappa shape index (κ1) is 36.6. The van der Waals surface area contributed by atoms with Crippen LogP contribution in [0.3, 0.4) is 0 Å². The van der Waals surface area contributed by atoms with E-state index in [1.54, 1.807) is 26.4 Å². The molecule has 6 nitrogen and oxygen atoms in total. The second-order valence-electron chi connectivity index (χ2n) is 11.2. The predicted octanol–water partition coefficient (Wildman–Crippen LogP) is 13.3. The Bertz CT molecular complexity index is 2110. The summed E-state index contributed by atoms with van der Waals surface area (Å²) in [5.74, 6) is 0.823. The van der Waals surface area contributed by atoms with E-state index in [0.717, 1.165) is 31.3 Å². The summed E-state index contributed by atoms with van der Waals surface area (Å²) in [4.78, 5) is 27.2. The first-order valence-corrected chi connectivity index (χ1v) is 19.7. The van der Waals surface area contributed by atoms with Gasteiger partial charge in [-0.25, -0.2) is 9.59 Å². The molecule has 0 unspecified atom stereocenters. The molecular formula is C35H22Br4Cl2O6S2. The lowest BCUT2D eigenvalue weighted by Crippen LogP contribution is -2.20. The van der Waals surface area contributed by atoms with Crippen LogP contribution in [-0.4, -0.2) is 26.2 Å². The third kappa shape index (κ3) is 7.04. The highest BCUT2D eigenvalue weighted by Gasteiger charge is 2.30. The Balaban J connectivity index is 1.24. The van der Waals surface area contributed by atoms with Gasteiger partial charge in [-0.1, -0.05) is 37.0 Å². The highest BCUT2D eigenvalue weighted by Crippen LogP contribution is 2.46. The summed E-state index contributed by atoms with van der Waals surface area (Å²) >= 11 is 30.1. The summed E-state index contributed by atoms with van der Waals surface area (Å²) in [6.45, 7) is 4.12. The number of carbonyl (C=O) groups excluding carboxylic acids is 2. The minimum Gasteiger partial charge on any atom is -0.497 e. The molecule has 14 heteroatoms. The Morgan fingerprint density at radius 3 is 1.29 bits per heavy atom. The Morgan fingerprint density at radius 1 is 0.612 bits per heavy atom. The Kier molecular flexibility index (Phi) is 10.8. The number of esters is 2. The molecule has 0 aliphatic carbocycles. The maximum absolute atomic E-state index is 13.3. The molecule has 0 atom stereocenters. The maximum Gasteiger partial charge on any atom is 0.355 e. The summed E-state index contributed by atoms with van der Waals surface area (Å²) < 4.78 is 26.2. The monoisotopic (exact) mass is 988 g/mol. The number of fused-ring (bicyclic) bond motifs is 2. The van der Waals surface area contributed by atoms with Crippen LogP contribution in [0.15, 0.2) is 78.6 Å². The van der Waals surface area contributed by atoms with Gasteiger partial charge in [0, 0.05) is 25.6 Å². The third-order valence-corrected chi connectivity index (χ3v) is 13.5. The van der Waals surface area contributed by atoms with E-state index in [-0.39, 0.29) is 0 Å². The number of halogens is 6. The molecule has 0 spiro atoms. The van der Waals surface area contributed by atoms with Gasteiger partial charge in [-0.05, 0) is 136 Å². The number of carbonyl (C=O) groups is 2. The van der Waals surface area contributed by atoms with Crippen molar-refractivity contribution in [1.82, 2.24) is 0 Å². The second-order valence-corrected chi connectivity index (χ2v) is 17.4. The SMILES string of the molecule is COc1ccc2c(Cl)c(C(=O)Oc3c(Br)cc(C(C)(C)c4cc(Br)c(OC(=O)c5sc6cc(OC)ccc6c5Cl)c(Br)c4)cc3Br)sc2c1. The lowest BCUT2D eigenvalue weighted by atomic mass is 9.78. The summed E-state index contributed by atoms with van der Waals surface area (Å²) in [5, 5.41) is 2.15. The zero-order valence-electron chi connectivity index (χ0n) is 25.8. The van der Waals surface area contributed by atoms with Crippen molar-refractivity contribution in [3.63, 3.8) is 0 Å². The molecule has 0 N–H and O–H groups in total. The van der Waals surface area contributed by atoms with Gasteiger partial charge in [-0.3, -0.25) is 0 Å². The fourth-order valence-corrected chi connectivity index (χ4v) is 10.6. The van der Waals surface area contributed by atoms with Crippen LogP contribution in [0.5, 0.6) is 23.0 Å². The number of rotatable bonds is 8. The molecule has 0 amide bonds. The summed E-state index contributed by atoms with van der Waals surface area (Å²) in [5.41, 5.74) is 1.27. The molecule has 0 radical (unpaired) electrons. The van der Waals surface area contributed by atoms with Crippen LogP contribution in [0, 0.1) is 0 Å². The Morgan fingerprint density at radius 2 is 0.959 bits per heavy atom. The predicted molar refractivity (Wildman–Crippen MR) is 213 cm³/mol. The molecule has 6 aromatic rings. The molecule has 0 aliphatic heterocycles. The molecule has 0 saturated heterocycles. The van der Waals surface area contributed by atoms with Crippen molar-refractivity contribution >= 4 is 142 Å². The zero-order chi connectivity index (χ0) is 35.4. The normalized spacial score (nSPS) is 11.6. The van der Waals surface area contributed by atoms with Crippen molar-refractivity contribution in [2.75, 3.05) is 14.2 Å². The van der Waals surface area contributed by atoms with Crippen LogP contribution >= 0.6 is 110 Å². The van der Waals surface area contributed by atoms with E-state index in [1.807, 2.05) is 48.5 Å².